The molecule has 0 radical (unpaired) electrons. The van der Waals surface area contributed by atoms with Crippen molar-refractivity contribution in [3.05, 3.63) is 35.9 Å². The number of Topliss-reactive ketones (excluding diaryl/α,β-unsaturated/α-hetero) is 1. The van der Waals surface area contributed by atoms with E-state index in [9.17, 15) is 14.4 Å². The second kappa shape index (κ2) is 12.4. The molecule has 0 aromatic heterocycles. The van der Waals surface area contributed by atoms with Crippen LogP contribution < -0.4 is 10.6 Å². The molecular weight excluding hydrogens is 364 g/mol. The summed E-state index contributed by atoms with van der Waals surface area (Å²) in [7, 11) is 0. The van der Waals surface area contributed by atoms with Crippen molar-refractivity contribution in [2.75, 3.05) is 0 Å². The van der Waals surface area contributed by atoms with Crippen LogP contribution in [0.4, 0.5) is 0 Å². The lowest BCUT2D eigenvalue weighted by atomic mass is 9.80. The summed E-state index contributed by atoms with van der Waals surface area (Å²) < 4.78 is 0. The fourth-order valence-electron chi connectivity index (χ4n) is 3.73. The Bertz CT molecular complexity index is 649. The van der Waals surface area contributed by atoms with Crippen LogP contribution in [0.1, 0.15) is 90.9 Å². The number of hydrogen-bond acceptors (Lipinski definition) is 3. The highest BCUT2D eigenvalue weighted by atomic mass is 16.2. The standard InChI is InChI=1S/C22H32N2O3.2CH4/c1-4-19(25)18(15-16(2)3)23-21(27)22(13-9-6-10-14-22)24-20(26)17-11-7-5-8-12-17;;/h5,7-8,11-12,16,18H,4,6,9-10,13-15H2,1-3H3,(H,23,27)(H,24,26);2*1H4/t18-;;/m0../s1. The summed E-state index contributed by atoms with van der Waals surface area (Å²) in [4.78, 5) is 38.3. The third kappa shape index (κ3) is 7.30. The second-order valence-electron chi connectivity index (χ2n) is 7.94. The monoisotopic (exact) mass is 404 g/mol. The summed E-state index contributed by atoms with van der Waals surface area (Å²) >= 11 is 0. The van der Waals surface area contributed by atoms with Gasteiger partial charge in [-0.3, -0.25) is 14.4 Å². The number of carbonyl (C=O) groups excluding carboxylic acids is 3. The van der Waals surface area contributed by atoms with Gasteiger partial charge in [-0.1, -0.05) is 73.1 Å². The van der Waals surface area contributed by atoms with E-state index in [1.807, 2.05) is 26.8 Å². The Morgan fingerprint density at radius 1 is 1.00 bits per heavy atom. The largest absolute Gasteiger partial charge is 0.344 e. The lowest BCUT2D eigenvalue weighted by molar-refractivity contribution is -0.133. The smallest absolute Gasteiger partial charge is 0.252 e. The van der Waals surface area contributed by atoms with Crippen LogP contribution in [0.5, 0.6) is 0 Å². The Hall–Kier alpha value is -2.17. The second-order valence-corrected chi connectivity index (χ2v) is 7.94. The fourth-order valence-corrected chi connectivity index (χ4v) is 3.73. The zero-order valence-corrected chi connectivity index (χ0v) is 16.7. The molecule has 2 N–H and O–H groups in total. The van der Waals surface area contributed by atoms with Crippen LogP contribution in [0.25, 0.3) is 0 Å². The Morgan fingerprint density at radius 3 is 2.10 bits per heavy atom. The first kappa shape index (κ1) is 26.8. The van der Waals surface area contributed by atoms with Crippen molar-refractivity contribution in [3.8, 4) is 0 Å². The zero-order valence-electron chi connectivity index (χ0n) is 16.7. The van der Waals surface area contributed by atoms with Crippen LogP contribution in [-0.2, 0) is 9.59 Å². The van der Waals surface area contributed by atoms with E-state index in [1.54, 1.807) is 24.3 Å². The Kier molecular flexibility index (Phi) is 11.5. The highest BCUT2D eigenvalue weighted by Gasteiger charge is 2.42. The van der Waals surface area contributed by atoms with Gasteiger partial charge in [-0.05, 0) is 37.3 Å². The molecule has 0 aliphatic heterocycles. The molecule has 1 atom stereocenters. The van der Waals surface area contributed by atoms with Gasteiger partial charge in [0.05, 0.1) is 6.04 Å². The molecule has 1 saturated carbocycles. The molecule has 29 heavy (non-hydrogen) atoms. The average molecular weight is 405 g/mol. The third-order valence-electron chi connectivity index (χ3n) is 5.28. The van der Waals surface area contributed by atoms with Gasteiger partial charge in [-0.15, -0.1) is 0 Å². The van der Waals surface area contributed by atoms with Gasteiger partial charge in [0, 0.05) is 12.0 Å². The van der Waals surface area contributed by atoms with Crippen molar-refractivity contribution in [3.63, 3.8) is 0 Å². The molecule has 1 aliphatic carbocycles. The maximum atomic E-state index is 13.2. The average Bonchev–Trinajstić information content (AvgIpc) is 2.67. The number of ketones is 1. The first-order valence-electron chi connectivity index (χ1n) is 10.1. The van der Waals surface area contributed by atoms with Crippen LogP contribution in [0, 0.1) is 5.92 Å². The molecule has 2 amide bonds. The summed E-state index contributed by atoms with van der Waals surface area (Å²) in [6.07, 6.45) is 5.04. The molecule has 1 aliphatic rings. The number of carbonyl (C=O) groups is 3. The van der Waals surface area contributed by atoms with Crippen LogP contribution >= 0.6 is 0 Å². The van der Waals surface area contributed by atoms with Gasteiger partial charge in [0.1, 0.15) is 5.54 Å². The van der Waals surface area contributed by atoms with E-state index in [4.69, 9.17) is 0 Å². The van der Waals surface area contributed by atoms with Gasteiger partial charge < -0.3 is 10.6 Å². The summed E-state index contributed by atoms with van der Waals surface area (Å²) in [6, 6.07) is 8.46. The van der Waals surface area contributed by atoms with E-state index in [2.05, 4.69) is 10.6 Å². The summed E-state index contributed by atoms with van der Waals surface area (Å²) in [5.74, 6) is -0.127. The molecule has 0 spiro atoms. The minimum absolute atomic E-state index is 0. The van der Waals surface area contributed by atoms with Crippen LogP contribution in [0.2, 0.25) is 0 Å². The Balaban J connectivity index is 0.00000392. The van der Waals surface area contributed by atoms with Gasteiger partial charge in [0.2, 0.25) is 5.91 Å². The van der Waals surface area contributed by atoms with E-state index in [1.165, 1.54) is 0 Å². The van der Waals surface area contributed by atoms with Crippen LogP contribution in [-0.4, -0.2) is 29.2 Å². The molecule has 1 fully saturated rings. The first-order chi connectivity index (χ1) is 12.9. The summed E-state index contributed by atoms with van der Waals surface area (Å²) in [6.45, 7) is 5.89. The predicted molar refractivity (Wildman–Crippen MR) is 120 cm³/mol. The molecule has 0 saturated heterocycles. The molecular formula is C24H40N2O3. The van der Waals surface area contributed by atoms with Crippen molar-refractivity contribution in [1.82, 2.24) is 10.6 Å². The molecule has 2 rings (SSSR count). The third-order valence-corrected chi connectivity index (χ3v) is 5.28. The molecule has 0 unspecified atom stereocenters. The number of hydrogen-bond donors (Lipinski definition) is 2. The molecule has 164 valence electrons. The van der Waals surface area contributed by atoms with Crippen molar-refractivity contribution < 1.29 is 14.4 Å². The lowest BCUT2D eigenvalue weighted by Gasteiger charge is -2.37. The maximum Gasteiger partial charge on any atom is 0.252 e. The van der Waals surface area contributed by atoms with E-state index >= 15 is 0 Å². The van der Waals surface area contributed by atoms with Crippen LogP contribution in [0.15, 0.2) is 30.3 Å². The predicted octanol–water partition coefficient (Wildman–Crippen LogP) is 4.90. The number of rotatable bonds is 8. The topological polar surface area (TPSA) is 75.3 Å². The van der Waals surface area contributed by atoms with Crippen molar-refractivity contribution in [2.24, 2.45) is 5.92 Å². The number of amides is 2. The molecule has 1 aromatic rings. The highest BCUT2D eigenvalue weighted by molar-refractivity contribution is 6.00. The normalized spacial score (nSPS) is 16.0. The van der Waals surface area contributed by atoms with Gasteiger partial charge >= 0.3 is 0 Å². The van der Waals surface area contributed by atoms with Gasteiger partial charge in [-0.2, -0.15) is 0 Å². The minimum atomic E-state index is -0.936. The van der Waals surface area contributed by atoms with Crippen LogP contribution in [0.3, 0.4) is 0 Å². The molecule has 0 heterocycles. The molecule has 1 aromatic carbocycles. The first-order valence-corrected chi connectivity index (χ1v) is 10.1. The highest BCUT2D eigenvalue weighted by Crippen LogP contribution is 2.29. The van der Waals surface area contributed by atoms with Gasteiger partial charge in [-0.25, -0.2) is 0 Å². The molecule has 5 nitrogen and oxygen atoms in total. The maximum absolute atomic E-state index is 13.2. The Labute approximate surface area is 177 Å². The number of benzene rings is 1. The SMILES string of the molecule is C.C.CCC(=O)[C@H](CC(C)C)NC(=O)C1(NC(=O)c2ccccc2)CCCCC1. The quantitative estimate of drug-likeness (QED) is 0.647. The van der Waals surface area contributed by atoms with Crippen molar-refractivity contribution in [2.45, 2.75) is 92.2 Å². The number of nitrogens with one attached hydrogen (secondary N) is 2. The van der Waals surface area contributed by atoms with Gasteiger partial charge in [0.25, 0.3) is 5.91 Å². The lowest BCUT2D eigenvalue weighted by Crippen LogP contribution is -2.62. The van der Waals surface area contributed by atoms with Crippen molar-refractivity contribution in [1.29, 1.82) is 0 Å². The van der Waals surface area contributed by atoms with E-state index < -0.39 is 11.6 Å². The Morgan fingerprint density at radius 2 is 1.59 bits per heavy atom. The summed E-state index contributed by atoms with van der Waals surface area (Å²) in [5, 5.41) is 5.97. The van der Waals surface area contributed by atoms with Gasteiger partial charge in [0.15, 0.2) is 5.78 Å². The van der Waals surface area contributed by atoms with E-state index in [0.29, 0.717) is 37.2 Å². The van der Waals surface area contributed by atoms with E-state index in [0.717, 1.165) is 19.3 Å². The minimum Gasteiger partial charge on any atom is -0.344 e. The molecule has 0 bridgehead atoms. The molecule has 5 heteroatoms. The summed E-state index contributed by atoms with van der Waals surface area (Å²) in [5.41, 5.74) is -0.396. The zero-order chi connectivity index (χ0) is 19.9. The van der Waals surface area contributed by atoms with Crippen molar-refractivity contribution >= 4 is 17.6 Å². The fraction of sp³-hybridized carbons (Fsp3) is 0.625. The van der Waals surface area contributed by atoms with E-state index in [-0.39, 0.29) is 32.5 Å².